The third-order valence-electron chi connectivity index (χ3n) is 3.92. The number of rotatable bonds is 6. The van der Waals surface area contributed by atoms with Crippen LogP contribution >= 0.6 is 0 Å². The molecule has 1 atom stereocenters. The number of hydrogen-bond acceptors (Lipinski definition) is 3. The van der Waals surface area contributed by atoms with Gasteiger partial charge < -0.3 is 10.5 Å². The van der Waals surface area contributed by atoms with E-state index in [2.05, 4.69) is 36.1 Å². The van der Waals surface area contributed by atoms with Gasteiger partial charge in [0.1, 0.15) is 0 Å². The zero-order valence-corrected chi connectivity index (χ0v) is 12.2. The summed E-state index contributed by atoms with van der Waals surface area (Å²) in [6, 6.07) is 10.6. The van der Waals surface area contributed by atoms with Crippen LogP contribution in [0.25, 0.3) is 0 Å². The SMILES string of the molecule is CCOC1CCN(C(CC(=N)N)c2ccccc2)CC1. The number of nitrogens with one attached hydrogen (secondary N) is 1. The van der Waals surface area contributed by atoms with Crippen molar-refractivity contribution in [3.8, 4) is 0 Å². The highest BCUT2D eigenvalue weighted by atomic mass is 16.5. The second kappa shape index (κ2) is 7.41. The monoisotopic (exact) mass is 275 g/mol. The van der Waals surface area contributed by atoms with E-state index in [1.165, 1.54) is 5.56 Å². The van der Waals surface area contributed by atoms with Gasteiger partial charge in [0.2, 0.25) is 0 Å². The van der Waals surface area contributed by atoms with Crippen molar-refractivity contribution in [3.05, 3.63) is 35.9 Å². The average molecular weight is 275 g/mol. The molecule has 4 nitrogen and oxygen atoms in total. The minimum Gasteiger partial charge on any atom is -0.388 e. The highest BCUT2D eigenvalue weighted by Gasteiger charge is 2.26. The van der Waals surface area contributed by atoms with E-state index in [9.17, 15) is 0 Å². The molecule has 3 N–H and O–H groups in total. The third kappa shape index (κ3) is 4.05. The van der Waals surface area contributed by atoms with Crippen molar-refractivity contribution in [2.24, 2.45) is 5.73 Å². The Hall–Kier alpha value is -1.39. The van der Waals surface area contributed by atoms with Gasteiger partial charge in [0.25, 0.3) is 0 Å². The van der Waals surface area contributed by atoms with E-state index in [0.29, 0.717) is 12.5 Å². The Bertz CT molecular complexity index is 413. The molecule has 0 bridgehead atoms. The van der Waals surface area contributed by atoms with E-state index >= 15 is 0 Å². The van der Waals surface area contributed by atoms with E-state index in [1.807, 2.05) is 6.07 Å². The second-order valence-corrected chi connectivity index (χ2v) is 5.35. The predicted molar refractivity (Wildman–Crippen MR) is 81.9 cm³/mol. The lowest BCUT2D eigenvalue weighted by molar-refractivity contribution is 0.00430. The smallest absolute Gasteiger partial charge is 0.0924 e. The summed E-state index contributed by atoms with van der Waals surface area (Å²) in [6.07, 6.45) is 3.12. The van der Waals surface area contributed by atoms with Gasteiger partial charge in [-0.05, 0) is 25.3 Å². The molecule has 20 heavy (non-hydrogen) atoms. The first kappa shape index (κ1) is 15.0. The van der Waals surface area contributed by atoms with Crippen molar-refractivity contribution in [1.82, 2.24) is 4.90 Å². The summed E-state index contributed by atoms with van der Waals surface area (Å²) in [5.41, 5.74) is 6.89. The van der Waals surface area contributed by atoms with Gasteiger partial charge >= 0.3 is 0 Å². The molecule has 1 unspecified atom stereocenters. The molecule has 0 amide bonds. The number of nitrogens with two attached hydrogens (primary N) is 1. The predicted octanol–water partition coefficient (Wildman–Crippen LogP) is 2.55. The van der Waals surface area contributed by atoms with E-state index in [4.69, 9.17) is 15.9 Å². The molecule has 2 rings (SSSR count). The Kier molecular flexibility index (Phi) is 5.56. The number of piperidine rings is 1. The van der Waals surface area contributed by atoms with Crippen LogP contribution in [0.5, 0.6) is 0 Å². The van der Waals surface area contributed by atoms with Crippen LogP contribution in [0.4, 0.5) is 0 Å². The average Bonchev–Trinajstić information content (AvgIpc) is 2.47. The zero-order valence-electron chi connectivity index (χ0n) is 12.2. The number of likely N-dealkylation sites (tertiary alicyclic amines) is 1. The molecule has 1 aromatic rings. The Morgan fingerprint density at radius 1 is 1.35 bits per heavy atom. The summed E-state index contributed by atoms with van der Waals surface area (Å²) in [5, 5.41) is 7.62. The van der Waals surface area contributed by atoms with Crippen molar-refractivity contribution in [1.29, 1.82) is 5.41 Å². The molecule has 1 heterocycles. The third-order valence-corrected chi connectivity index (χ3v) is 3.92. The summed E-state index contributed by atoms with van der Waals surface area (Å²) >= 11 is 0. The molecule has 0 aliphatic carbocycles. The van der Waals surface area contributed by atoms with Gasteiger partial charge in [0, 0.05) is 32.2 Å². The van der Waals surface area contributed by atoms with Crippen LogP contribution < -0.4 is 5.73 Å². The lowest BCUT2D eigenvalue weighted by atomic mass is 9.97. The van der Waals surface area contributed by atoms with Gasteiger partial charge in [-0.2, -0.15) is 0 Å². The van der Waals surface area contributed by atoms with E-state index in [1.54, 1.807) is 0 Å². The van der Waals surface area contributed by atoms with Crippen LogP contribution in [0.15, 0.2) is 30.3 Å². The number of ether oxygens (including phenoxy) is 1. The molecular weight excluding hydrogens is 250 g/mol. The van der Waals surface area contributed by atoms with Crippen LogP contribution in [0.3, 0.4) is 0 Å². The summed E-state index contributed by atoms with van der Waals surface area (Å²) < 4.78 is 5.70. The van der Waals surface area contributed by atoms with Crippen LogP contribution in [0, 0.1) is 5.41 Å². The van der Waals surface area contributed by atoms with Gasteiger partial charge in [-0.3, -0.25) is 10.3 Å². The Balaban J connectivity index is 2.03. The molecule has 0 saturated carbocycles. The van der Waals surface area contributed by atoms with Gasteiger partial charge in [-0.1, -0.05) is 30.3 Å². The summed E-state index contributed by atoms with van der Waals surface area (Å²) in [5.74, 6) is 0.255. The van der Waals surface area contributed by atoms with Crippen molar-refractivity contribution in [2.45, 2.75) is 38.3 Å². The first-order chi connectivity index (χ1) is 9.70. The lowest BCUT2D eigenvalue weighted by Gasteiger charge is -2.37. The molecule has 0 radical (unpaired) electrons. The zero-order chi connectivity index (χ0) is 14.4. The highest BCUT2D eigenvalue weighted by molar-refractivity contribution is 5.77. The normalized spacial score (nSPS) is 18.9. The quantitative estimate of drug-likeness (QED) is 0.619. The number of amidine groups is 1. The van der Waals surface area contributed by atoms with Crippen LogP contribution in [-0.4, -0.2) is 36.5 Å². The number of nitrogens with zero attached hydrogens (tertiary/aromatic N) is 1. The minimum atomic E-state index is 0.219. The second-order valence-electron chi connectivity index (χ2n) is 5.35. The van der Waals surface area contributed by atoms with Gasteiger partial charge in [0.05, 0.1) is 11.9 Å². The van der Waals surface area contributed by atoms with Gasteiger partial charge in [-0.25, -0.2) is 0 Å². The molecule has 4 heteroatoms. The molecule has 110 valence electrons. The fourth-order valence-electron chi connectivity index (χ4n) is 2.93. The number of benzene rings is 1. The van der Waals surface area contributed by atoms with Crippen molar-refractivity contribution < 1.29 is 4.74 Å². The fourth-order valence-corrected chi connectivity index (χ4v) is 2.93. The molecular formula is C16H25N3O. The van der Waals surface area contributed by atoms with Crippen molar-refractivity contribution >= 4 is 5.84 Å². The minimum absolute atomic E-state index is 0.219. The van der Waals surface area contributed by atoms with Gasteiger partial charge in [-0.15, -0.1) is 0 Å². The highest BCUT2D eigenvalue weighted by Crippen LogP contribution is 2.28. The Morgan fingerprint density at radius 3 is 2.55 bits per heavy atom. The maximum atomic E-state index is 7.62. The molecule has 1 aliphatic heterocycles. The number of hydrogen-bond donors (Lipinski definition) is 2. The Morgan fingerprint density at radius 2 is 2.00 bits per heavy atom. The largest absolute Gasteiger partial charge is 0.388 e. The molecule has 0 aromatic heterocycles. The van der Waals surface area contributed by atoms with Gasteiger partial charge in [0.15, 0.2) is 0 Å². The van der Waals surface area contributed by atoms with Crippen LogP contribution in [0.2, 0.25) is 0 Å². The molecule has 0 spiro atoms. The Labute approximate surface area is 121 Å². The molecule has 1 aromatic carbocycles. The van der Waals surface area contributed by atoms with Crippen LogP contribution in [-0.2, 0) is 4.74 Å². The maximum Gasteiger partial charge on any atom is 0.0924 e. The van der Waals surface area contributed by atoms with Crippen LogP contribution in [0.1, 0.15) is 37.8 Å². The van der Waals surface area contributed by atoms with Crippen molar-refractivity contribution in [3.63, 3.8) is 0 Å². The molecule has 1 saturated heterocycles. The van der Waals surface area contributed by atoms with E-state index in [-0.39, 0.29) is 11.9 Å². The summed E-state index contributed by atoms with van der Waals surface area (Å²) in [4.78, 5) is 2.44. The summed E-state index contributed by atoms with van der Waals surface area (Å²) in [6.45, 7) is 4.87. The van der Waals surface area contributed by atoms with Crippen molar-refractivity contribution in [2.75, 3.05) is 19.7 Å². The molecule has 1 fully saturated rings. The van der Waals surface area contributed by atoms with E-state index < -0.39 is 0 Å². The summed E-state index contributed by atoms with van der Waals surface area (Å²) in [7, 11) is 0. The topological polar surface area (TPSA) is 62.3 Å². The standard InChI is InChI=1S/C16H25N3O/c1-2-20-14-8-10-19(11-9-14)15(12-16(17)18)13-6-4-3-5-7-13/h3-7,14-15H,2,8-12H2,1H3,(H3,17,18). The first-order valence-electron chi connectivity index (χ1n) is 7.44. The fraction of sp³-hybridized carbons (Fsp3) is 0.562. The molecule has 1 aliphatic rings. The maximum absolute atomic E-state index is 7.62. The lowest BCUT2D eigenvalue weighted by Crippen LogP contribution is -2.40. The van der Waals surface area contributed by atoms with E-state index in [0.717, 1.165) is 32.5 Å². The first-order valence-corrected chi connectivity index (χ1v) is 7.44.